The molecule has 10 heavy (non-hydrogen) atoms. The van der Waals surface area contributed by atoms with Crippen LogP contribution >= 0.6 is 11.6 Å². The van der Waals surface area contributed by atoms with Crippen LogP contribution in [-0.2, 0) is 9.53 Å². The van der Waals surface area contributed by atoms with Crippen molar-refractivity contribution in [1.29, 1.82) is 0 Å². The largest absolute Gasteiger partial charge is 0.466 e. The summed E-state index contributed by atoms with van der Waals surface area (Å²) in [4.78, 5) is 11.0. The highest BCUT2D eigenvalue weighted by molar-refractivity contribution is 6.19. The second-order valence-electron chi connectivity index (χ2n) is 2.74. The second-order valence-corrected chi connectivity index (χ2v) is 3.01. The van der Waals surface area contributed by atoms with Gasteiger partial charge in [-0.25, -0.2) is 0 Å². The van der Waals surface area contributed by atoms with Crippen molar-refractivity contribution in [3.63, 3.8) is 0 Å². The molecule has 0 aliphatic carbocycles. The molecule has 0 spiro atoms. The van der Waals surface area contributed by atoms with E-state index in [-0.39, 0.29) is 5.97 Å². The highest BCUT2D eigenvalue weighted by Crippen LogP contribution is 2.18. The molecule has 0 N–H and O–H groups in total. The van der Waals surface area contributed by atoms with E-state index in [1.807, 2.05) is 0 Å². The average molecular weight is 165 g/mol. The Morgan fingerprint density at radius 3 is 2.40 bits per heavy atom. The Labute approximate surface area is 66.5 Å². The first-order valence-corrected chi connectivity index (χ1v) is 3.81. The predicted octanol–water partition coefficient (Wildman–Crippen LogP) is 1.81. The third kappa shape index (κ3) is 2.56. The normalized spacial score (nSPS) is 11.2. The van der Waals surface area contributed by atoms with Gasteiger partial charge in [-0.3, -0.25) is 4.79 Å². The lowest BCUT2D eigenvalue weighted by atomic mass is 9.97. The van der Waals surface area contributed by atoms with E-state index in [0.717, 1.165) is 0 Å². The third-order valence-corrected chi connectivity index (χ3v) is 1.83. The minimum atomic E-state index is -0.544. The van der Waals surface area contributed by atoms with E-state index in [2.05, 4.69) is 0 Å². The Kier molecular flexibility index (Phi) is 3.72. The first kappa shape index (κ1) is 9.76. The predicted molar refractivity (Wildman–Crippen MR) is 41.1 cm³/mol. The zero-order valence-electron chi connectivity index (χ0n) is 6.61. The molecule has 0 saturated carbocycles. The van der Waals surface area contributed by atoms with Crippen LogP contribution in [0.2, 0.25) is 0 Å². The molecule has 0 aliphatic heterocycles. The average Bonchev–Trinajstić information content (AvgIpc) is 1.89. The van der Waals surface area contributed by atoms with Gasteiger partial charge < -0.3 is 4.74 Å². The zero-order valence-corrected chi connectivity index (χ0v) is 7.36. The van der Waals surface area contributed by atoms with Gasteiger partial charge in [0.2, 0.25) is 0 Å². The summed E-state index contributed by atoms with van der Waals surface area (Å²) in [7, 11) is 0. The van der Waals surface area contributed by atoms with Crippen LogP contribution in [0.4, 0.5) is 0 Å². The summed E-state index contributed by atoms with van der Waals surface area (Å²) in [5, 5.41) is 0. The topological polar surface area (TPSA) is 26.3 Å². The van der Waals surface area contributed by atoms with Crippen molar-refractivity contribution in [2.75, 3.05) is 12.5 Å². The maximum absolute atomic E-state index is 11.0. The molecule has 0 rings (SSSR count). The van der Waals surface area contributed by atoms with Crippen LogP contribution in [0.1, 0.15) is 20.8 Å². The summed E-state index contributed by atoms with van der Waals surface area (Å²) < 4.78 is 4.77. The number of carbonyl (C=O) groups excluding carboxylic acids is 1. The van der Waals surface area contributed by atoms with Gasteiger partial charge in [0.15, 0.2) is 0 Å². The number of alkyl halides is 1. The minimum Gasteiger partial charge on any atom is -0.466 e. The van der Waals surface area contributed by atoms with Crippen molar-refractivity contribution in [1.82, 2.24) is 0 Å². The van der Waals surface area contributed by atoms with Crippen molar-refractivity contribution in [2.45, 2.75) is 20.8 Å². The maximum Gasteiger partial charge on any atom is 0.312 e. The van der Waals surface area contributed by atoms with Crippen molar-refractivity contribution < 1.29 is 9.53 Å². The lowest BCUT2D eigenvalue weighted by Gasteiger charge is -2.18. The Morgan fingerprint density at radius 1 is 1.60 bits per heavy atom. The molecular weight excluding hydrogens is 152 g/mol. The molecule has 0 unspecified atom stereocenters. The molecule has 0 atom stereocenters. The van der Waals surface area contributed by atoms with Crippen LogP contribution in [0.25, 0.3) is 0 Å². The fourth-order valence-electron chi connectivity index (χ4n) is 0.381. The van der Waals surface area contributed by atoms with Gasteiger partial charge in [0, 0.05) is 5.88 Å². The van der Waals surface area contributed by atoms with Gasteiger partial charge in [-0.1, -0.05) is 0 Å². The molecular formula is C7H13ClO2. The molecule has 0 aromatic carbocycles. The van der Waals surface area contributed by atoms with Crippen molar-refractivity contribution in [3.05, 3.63) is 0 Å². The van der Waals surface area contributed by atoms with Gasteiger partial charge in [-0.2, -0.15) is 0 Å². The van der Waals surface area contributed by atoms with Crippen LogP contribution in [0, 0.1) is 5.41 Å². The second kappa shape index (κ2) is 3.81. The van der Waals surface area contributed by atoms with Gasteiger partial charge >= 0.3 is 5.97 Å². The number of carbonyl (C=O) groups is 1. The van der Waals surface area contributed by atoms with Crippen molar-refractivity contribution in [2.24, 2.45) is 5.41 Å². The number of rotatable bonds is 3. The molecule has 0 aromatic heterocycles. The molecule has 0 saturated heterocycles. The van der Waals surface area contributed by atoms with Crippen LogP contribution in [0.15, 0.2) is 0 Å². The summed E-state index contributed by atoms with van der Waals surface area (Å²) in [6, 6.07) is 0. The molecule has 0 bridgehead atoms. The number of ether oxygens (including phenoxy) is 1. The zero-order chi connectivity index (χ0) is 8.20. The SMILES string of the molecule is CCOC(=O)C(C)(C)CCl. The fraction of sp³-hybridized carbons (Fsp3) is 0.857. The highest BCUT2D eigenvalue weighted by atomic mass is 35.5. The molecule has 0 aromatic rings. The number of esters is 1. The van der Waals surface area contributed by atoms with Gasteiger partial charge in [0.05, 0.1) is 12.0 Å². The van der Waals surface area contributed by atoms with Crippen LogP contribution < -0.4 is 0 Å². The van der Waals surface area contributed by atoms with E-state index in [4.69, 9.17) is 16.3 Å². The monoisotopic (exact) mass is 164 g/mol. The third-order valence-electron chi connectivity index (χ3n) is 1.16. The molecule has 0 heterocycles. The standard InChI is InChI=1S/C7H13ClO2/c1-4-10-6(9)7(2,3)5-8/h4-5H2,1-3H3. The van der Waals surface area contributed by atoms with Gasteiger partial charge in [0.1, 0.15) is 0 Å². The van der Waals surface area contributed by atoms with E-state index >= 15 is 0 Å². The van der Waals surface area contributed by atoms with E-state index in [1.165, 1.54) is 0 Å². The van der Waals surface area contributed by atoms with E-state index < -0.39 is 5.41 Å². The number of halogens is 1. The van der Waals surface area contributed by atoms with E-state index in [1.54, 1.807) is 20.8 Å². The van der Waals surface area contributed by atoms with Crippen molar-refractivity contribution in [3.8, 4) is 0 Å². The van der Waals surface area contributed by atoms with E-state index in [0.29, 0.717) is 12.5 Å². The van der Waals surface area contributed by atoms with Crippen LogP contribution in [0.3, 0.4) is 0 Å². The van der Waals surface area contributed by atoms with Gasteiger partial charge in [-0.05, 0) is 20.8 Å². The molecule has 60 valence electrons. The summed E-state index contributed by atoms with van der Waals surface area (Å²) in [6.45, 7) is 5.72. The Hall–Kier alpha value is -0.240. The first-order valence-electron chi connectivity index (χ1n) is 3.27. The summed E-state index contributed by atoms with van der Waals surface area (Å²) in [6.07, 6.45) is 0. The molecule has 3 heteroatoms. The smallest absolute Gasteiger partial charge is 0.312 e. The lowest BCUT2D eigenvalue weighted by molar-refractivity contribution is -0.152. The molecule has 0 radical (unpaired) electrons. The molecule has 2 nitrogen and oxygen atoms in total. The van der Waals surface area contributed by atoms with Gasteiger partial charge in [-0.15, -0.1) is 11.6 Å². The molecule has 0 amide bonds. The number of hydrogen-bond donors (Lipinski definition) is 0. The summed E-state index contributed by atoms with van der Waals surface area (Å²) >= 11 is 5.52. The lowest BCUT2D eigenvalue weighted by Crippen LogP contribution is -2.28. The number of hydrogen-bond acceptors (Lipinski definition) is 2. The Bertz CT molecular complexity index is 121. The minimum absolute atomic E-state index is 0.231. The van der Waals surface area contributed by atoms with E-state index in [9.17, 15) is 4.79 Å². The quantitative estimate of drug-likeness (QED) is 0.470. The maximum atomic E-state index is 11.0. The molecule has 0 fully saturated rings. The molecule has 0 aliphatic rings. The van der Waals surface area contributed by atoms with Crippen LogP contribution in [0.5, 0.6) is 0 Å². The Morgan fingerprint density at radius 2 is 2.10 bits per heavy atom. The van der Waals surface area contributed by atoms with Crippen LogP contribution in [-0.4, -0.2) is 18.5 Å². The summed E-state index contributed by atoms with van der Waals surface area (Å²) in [5.74, 6) is 0.0660. The first-order chi connectivity index (χ1) is 4.54. The summed E-state index contributed by atoms with van der Waals surface area (Å²) in [5.41, 5.74) is -0.544. The Balaban J connectivity index is 3.91. The van der Waals surface area contributed by atoms with Gasteiger partial charge in [0.25, 0.3) is 0 Å². The van der Waals surface area contributed by atoms with Crippen molar-refractivity contribution >= 4 is 17.6 Å². The fourth-order valence-corrected chi connectivity index (χ4v) is 0.490. The highest BCUT2D eigenvalue weighted by Gasteiger charge is 2.27.